The van der Waals surface area contributed by atoms with Crippen molar-refractivity contribution in [3.8, 4) is 5.75 Å². The Morgan fingerprint density at radius 3 is 2.83 bits per heavy atom. The van der Waals surface area contributed by atoms with Crippen LogP contribution in [0.1, 0.15) is 11.3 Å². The van der Waals surface area contributed by atoms with Gasteiger partial charge in [-0.25, -0.2) is 0 Å². The van der Waals surface area contributed by atoms with Crippen molar-refractivity contribution in [1.82, 2.24) is 4.98 Å². The molecule has 2 aromatic carbocycles. The van der Waals surface area contributed by atoms with Gasteiger partial charge in [-0.2, -0.15) is 0 Å². The SMILES string of the molecule is COc1ccc2[nH]c(C)c(CC(=O)Nc3cccc(Cl)c3)c2c1. The standard InChI is InChI=1S/C18H17ClN2O2/c1-11-15(16-9-14(23-2)6-7-17(16)20-11)10-18(22)21-13-5-3-4-12(19)8-13/h3-9,20H,10H2,1-2H3,(H,21,22). The topological polar surface area (TPSA) is 54.1 Å². The van der Waals surface area contributed by atoms with Gasteiger partial charge in [0.2, 0.25) is 5.91 Å². The quantitative estimate of drug-likeness (QED) is 0.749. The highest BCUT2D eigenvalue weighted by molar-refractivity contribution is 6.30. The predicted molar refractivity (Wildman–Crippen MR) is 93.4 cm³/mol. The number of amides is 1. The molecular formula is C18H17ClN2O2. The fourth-order valence-electron chi connectivity index (χ4n) is 2.65. The van der Waals surface area contributed by atoms with E-state index in [1.807, 2.05) is 31.2 Å². The first-order chi connectivity index (χ1) is 11.1. The van der Waals surface area contributed by atoms with E-state index >= 15 is 0 Å². The summed E-state index contributed by atoms with van der Waals surface area (Å²) in [6.07, 6.45) is 0.283. The maximum atomic E-state index is 12.3. The van der Waals surface area contributed by atoms with Crippen molar-refractivity contribution in [2.24, 2.45) is 0 Å². The van der Waals surface area contributed by atoms with Crippen LogP contribution in [-0.2, 0) is 11.2 Å². The third-order valence-electron chi connectivity index (χ3n) is 3.77. The smallest absolute Gasteiger partial charge is 0.228 e. The van der Waals surface area contributed by atoms with Crippen molar-refractivity contribution in [3.63, 3.8) is 0 Å². The molecule has 0 radical (unpaired) electrons. The fraction of sp³-hybridized carbons (Fsp3) is 0.167. The highest BCUT2D eigenvalue weighted by Gasteiger charge is 2.13. The molecule has 0 aliphatic rings. The number of H-pyrrole nitrogens is 1. The number of aromatic nitrogens is 1. The zero-order valence-corrected chi connectivity index (χ0v) is 13.7. The Balaban J connectivity index is 1.85. The second-order valence-electron chi connectivity index (χ2n) is 5.38. The lowest BCUT2D eigenvalue weighted by Gasteiger charge is -2.06. The zero-order chi connectivity index (χ0) is 16.4. The van der Waals surface area contributed by atoms with Gasteiger partial charge in [0.05, 0.1) is 13.5 Å². The molecule has 3 aromatic rings. The maximum absolute atomic E-state index is 12.3. The van der Waals surface area contributed by atoms with Crippen LogP contribution in [0.25, 0.3) is 10.9 Å². The third kappa shape index (κ3) is 3.32. The number of halogens is 1. The number of benzene rings is 2. The Morgan fingerprint density at radius 2 is 2.09 bits per heavy atom. The van der Waals surface area contributed by atoms with Crippen molar-refractivity contribution >= 4 is 34.1 Å². The third-order valence-corrected chi connectivity index (χ3v) is 4.01. The van der Waals surface area contributed by atoms with Gasteiger partial charge in [-0.15, -0.1) is 0 Å². The molecule has 0 aliphatic heterocycles. The Kier molecular flexibility index (Phi) is 4.26. The molecule has 0 spiro atoms. The Hall–Kier alpha value is -2.46. The van der Waals surface area contributed by atoms with Gasteiger partial charge >= 0.3 is 0 Å². The zero-order valence-electron chi connectivity index (χ0n) is 12.9. The van der Waals surface area contributed by atoms with Crippen LogP contribution in [0.3, 0.4) is 0 Å². The van der Waals surface area contributed by atoms with E-state index in [9.17, 15) is 4.79 Å². The van der Waals surface area contributed by atoms with Gasteiger partial charge in [0, 0.05) is 27.3 Å². The van der Waals surface area contributed by atoms with Crippen LogP contribution in [0.5, 0.6) is 5.75 Å². The van der Waals surface area contributed by atoms with E-state index in [0.29, 0.717) is 10.7 Å². The summed E-state index contributed by atoms with van der Waals surface area (Å²) in [7, 11) is 1.63. The fourth-order valence-corrected chi connectivity index (χ4v) is 2.84. The molecule has 1 aromatic heterocycles. The predicted octanol–water partition coefficient (Wildman–Crippen LogP) is 4.32. The van der Waals surface area contributed by atoms with Crippen LogP contribution in [0.2, 0.25) is 5.02 Å². The van der Waals surface area contributed by atoms with Crippen LogP contribution in [0.4, 0.5) is 5.69 Å². The molecule has 0 aliphatic carbocycles. The van der Waals surface area contributed by atoms with Crippen molar-refractivity contribution in [3.05, 3.63) is 58.7 Å². The number of aromatic amines is 1. The first-order valence-corrected chi connectivity index (χ1v) is 7.65. The van der Waals surface area contributed by atoms with E-state index in [2.05, 4.69) is 10.3 Å². The lowest BCUT2D eigenvalue weighted by Crippen LogP contribution is -2.14. The largest absolute Gasteiger partial charge is 0.497 e. The number of nitrogens with one attached hydrogen (secondary N) is 2. The van der Waals surface area contributed by atoms with Crippen LogP contribution < -0.4 is 10.1 Å². The average molecular weight is 329 g/mol. The summed E-state index contributed by atoms with van der Waals surface area (Å²) >= 11 is 5.94. The van der Waals surface area contributed by atoms with Crippen molar-refractivity contribution in [2.75, 3.05) is 12.4 Å². The molecule has 0 saturated carbocycles. The molecule has 0 bridgehead atoms. The monoisotopic (exact) mass is 328 g/mol. The van der Waals surface area contributed by atoms with Crippen molar-refractivity contribution < 1.29 is 9.53 Å². The molecular weight excluding hydrogens is 312 g/mol. The normalized spacial score (nSPS) is 10.7. The van der Waals surface area contributed by atoms with Crippen LogP contribution in [-0.4, -0.2) is 18.0 Å². The number of anilines is 1. The van der Waals surface area contributed by atoms with Crippen molar-refractivity contribution in [1.29, 1.82) is 0 Å². The van der Waals surface area contributed by atoms with E-state index in [-0.39, 0.29) is 12.3 Å². The summed E-state index contributed by atoms with van der Waals surface area (Å²) in [5.74, 6) is 0.687. The molecule has 0 fully saturated rings. The number of methoxy groups -OCH3 is 1. The molecule has 0 unspecified atom stereocenters. The minimum atomic E-state index is -0.0842. The molecule has 1 heterocycles. The number of hydrogen-bond donors (Lipinski definition) is 2. The highest BCUT2D eigenvalue weighted by atomic mass is 35.5. The number of rotatable bonds is 4. The summed E-state index contributed by atoms with van der Waals surface area (Å²) in [5.41, 5.74) is 3.64. The van der Waals surface area contributed by atoms with Crippen molar-refractivity contribution in [2.45, 2.75) is 13.3 Å². The summed E-state index contributed by atoms with van der Waals surface area (Å²) in [6, 6.07) is 12.9. The average Bonchev–Trinajstić information content (AvgIpc) is 2.82. The second kappa shape index (κ2) is 6.34. The van der Waals surface area contributed by atoms with Gasteiger partial charge < -0.3 is 15.0 Å². The van der Waals surface area contributed by atoms with E-state index in [4.69, 9.17) is 16.3 Å². The summed E-state index contributed by atoms with van der Waals surface area (Å²) < 4.78 is 5.27. The van der Waals surface area contributed by atoms with E-state index < -0.39 is 0 Å². The minimum absolute atomic E-state index is 0.0842. The Bertz CT molecular complexity index is 871. The summed E-state index contributed by atoms with van der Waals surface area (Å²) in [5, 5.41) is 4.47. The van der Waals surface area contributed by atoms with E-state index in [1.165, 1.54) is 0 Å². The number of carbonyl (C=O) groups is 1. The van der Waals surface area contributed by atoms with Gasteiger partial charge in [-0.1, -0.05) is 17.7 Å². The Labute approximate surface area is 139 Å². The van der Waals surface area contributed by atoms with Gasteiger partial charge in [0.1, 0.15) is 5.75 Å². The van der Waals surface area contributed by atoms with Gasteiger partial charge in [0.25, 0.3) is 0 Å². The molecule has 4 nitrogen and oxygen atoms in total. The minimum Gasteiger partial charge on any atom is -0.497 e. The van der Waals surface area contributed by atoms with Crippen LogP contribution in [0, 0.1) is 6.92 Å². The number of aryl methyl sites for hydroxylation is 1. The molecule has 1 amide bonds. The molecule has 5 heteroatoms. The van der Waals surface area contributed by atoms with Gasteiger partial charge in [-0.3, -0.25) is 4.79 Å². The maximum Gasteiger partial charge on any atom is 0.228 e. The second-order valence-corrected chi connectivity index (χ2v) is 5.81. The highest BCUT2D eigenvalue weighted by Crippen LogP contribution is 2.27. The van der Waals surface area contributed by atoms with E-state index in [1.54, 1.807) is 25.3 Å². The lowest BCUT2D eigenvalue weighted by atomic mass is 10.1. The summed E-state index contributed by atoms with van der Waals surface area (Å²) in [6.45, 7) is 1.97. The number of hydrogen-bond acceptors (Lipinski definition) is 2. The first kappa shape index (κ1) is 15.4. The lowest BCUT2D eigenvalue weighted by molar-refractivity contribution is -0.115. The Morgan fingerprint density at radius 1 is 1.26 bits per heavy atom. The molecule has 2 N–H and O–H groups in total. The van der Waals surface area contributed by atoms with Crippen LogP contribution in [0.15, 0.2) is 42.5 Å². The molecule has 0 saturated heterocycles. The van der Waals surface area contributed by atoms with Crippen LogP contribution >= 0.6 is 11.6 Å². The number of carbonyl (C=O) groups excluding carboxylic acids is 1. The molecule has 118 valence electrons. The molecule has 3 rings (SSSR count). The molecule has 0 atom stereocenters. The number of fused-ring (bicyclic) bond motifs is 1. The van der Waals surface area contributed by atoms with Gasteiger partial charge in [-0.05, 0) is 48.9 Å². The first-order valence-electron chi connectivity index (χ1n) is 7.27. The number of ether oxygens (including phenoxy) is 1. The van der Waals surface area contributed by atoms with E-state index in [0.717, 1.165) is 27.9 Å². The molecule has 23 heavy (non-hydrogen) atoms. The summed E-state index contributed by atoms with van der Waals surface area (Å²) in [4.78, 5) is 15.6. The van der Waals surface area contributed by atoms with Gasteiger partial charge in [0.15, 0.2) is 0 Å².